The van der Waals surface area contributed by atoms with Crippen molar-refractivity contribution in [3.05, 3.63) is 66.6 Å². The molecule has 0 bridgehead atoms. The number of hydrogen-bond acceptors (Lipinski definition) is 7. The highest BCUT2D eigenvalue weighted by molar-refractivity contribution is 5.98. The maximum Gasteiger partial charge on any atom is 0.254 e. The van der Waals surface area contributed by atoms with Gasteiger partial charge in [-0.2, -0.15) is 5.10 Å². The number of aromatic nitrogens is 3. The number of likely N-dealkylation sites (tertiary alicyclic amines) is 1. The van der Waals surface area contributed by atoms with Crippen LogP contribution in [0.5, 0.6) is 5.75 Å². The molecule has 0 spiro atoms. The van der Waals surface area contributed by atoms with Crippen molar-refractivity contribution in [1.29, 1.82) is 0 Å². The summed E-state index contributed by atoms with van der Waals surface area (Å²) in [5.74, 6) is 1.23. The molecule has 9 nitrogen and oxygen atoms in total. The Morgan fingerprint density at radius 1 is 1.14 bits per heavy atom. The molecule has 3 heterocycles. The summed E-state index contributed by atoms with van der Waals surface area (Å²) in [5.41, 5.74) is 3.47. The fraction of sp³-hybridized carbons (Fsp3) is 0.321. The van der Waals surface area contributed by atoms with Gasteiger partial charge < -0.3 is 24.6 Å². The SMILES string of the molecule is COc1cc(C(=O)N2CC(OC)C2)ccc1Nc1cc2c(-c3cnn(CCN(C)C)c3)cccc2cn1. The van der Waals surface area contributed by atoms with E-state index >= 15 is 0 Å². The van der Waals surface area contributed by atoms with E-state index in [0.29, 0.717) is 30.2 Å². The third-order valence-electron chi connectivity index (χ3n) is 6.66. The molecule has 2 aromatic carbocycles. The standard InChI is InChI=1S/C28H32N6O3/c1-32(2)10-11-34-16-21(15-30-34)23-7-5-6-20-14-29-27(13-24(20)23)31-25-9-8-19(12-26(25)37-4)28(35)33-17-22(18-33)36-3/h5-9,12-16,22H,10-11,17-18H2,1-4H3,(H,29,31). The van der Waals surface area contributed by atoms with Gasteiger partial charge in [0, 0.05) is 55.7 Å². The van der Waals surface area contributed by atoms with E-state index in [2.05, 4.69) is 52.7 Å². The molecule has 9 heteroatoms. The van der Waals surface area contributed by atoms with Gasteiger partial charge in [0.2, 0.25) is 0 Å². The number of ether oxygens (including phenoxy) is 2. The minimum atomic E-state index is -0.0299. The zero-order valence-electron chi connectivity index (χ0n) is 21.6. The number of anilines is 2. The molecule has 1 aliphatic rings. The van der Waals surface area contributed by atoms with Crippen molar-refractivity contribution < 1.29 is 14.3 Å². The number of methoxy groups -OCH3 is 2. The fourth-order valence-electron chi connectivity index (χ4n) is 4.42. The predicted molar refractivity (Wildman–Crippen MR) is 144 cm³/mol. The Morgan fingerprint density at radius 3 is 2.73 bits per heavy atom. The molecule has 1 amide bonds. The minimum Gasteiger partial charge on any atom is -0.495 e. The number of hydrogen-bond donors (Lipinski definition) is 1. The van der Waals surface area contributed by atoms with Gasteiger partial charge in [0.1, 0.15) is 11.6 Å². The third kappa shape index (κ3) is 5.28. The highest BCUT2D eigenvalue weighted by Crippen LogP contribution is 2.33. The van der Waals surface area contributed by atoms with E-state index < -0.39 is 0 Å². The maximum atomic E-state index is 12.8. The first kappa shape index (κ1) is 24.7. The molecule has 5 rings (SSSR count). The van der Waals surface area contributed by atoms with Crippen molar-refractivity contribution in [1.82, 2.24) is 24.6 Å². The highest BCUT2D eigenvalue weighted by Gasteiger charge is 2.31. The number of rotatable bonds is 9. The van der Waals surface area contributed by atoms with Gasteiger partial charge in [-0.25, -0.2) is 4.98 Å². The largest absolute Gasteiger partial charge is 0.495 e. The lowest BCUT2D eigenvalue weighted by molar-refractivity contribution is -0.0192. The van der Waals surface area contributed by atoms with E-state index in [1.54, 1.807) is 25.2 Å². The van der Waals surface area contributed by atoms with Crippen LogP contribution in [0.4, 0.5) is 11.5 Å². The van der Waals surface area contributed by atoms with Crippen LogP contribution in [0.2, 0.25) is 0 Å². The monoisotopic (exact) mass is 500 g/mol. The second kappa shape index (κ2) is 10.6. The molecule has 2 aromatic heterocycles. The van der Waals surface area contributed by atoms with Gasteiger partial charge in [-0.3, -0.25) is 9.48 Å². The van der Waals surface area contributed by atoms with Crippen LogP contribution in [0.3, 0.4) is 0 Å². The van der Waals surface area contributed by atoms with Crippen molar-refractivity contribution in [2.24, 2.45) is 0 Å². The molecular weight excluding hydrogens is 468 g/mol. The first-order chi connectivity index (χ1) is 17.9. The number of nitrogens with one attached hydrogen (secondary N) is 1. The van der Waals surface area contributed by atoms with Gasteiger partial charge in [0.15, 0.2) is 0 Å². The van der Waals surface area contributed by atoms with Crippen molar-refractivity contribution in [3.63, 3.8) is 0 Å². The van der Waals surface area contributed by atoms with Gasteiger partial charge >= 0.3 is 0 Å². The molecule has 4 aromatic rings. The summed E-state index contributed by atoms with van der Waals surface area (Å²) in [6.45, 7) is 2.97. The molecule has 0 radical (unpaired) electrons. The summed E-state index contributed by atoms with van der Waals surface area (Å²) in [6, 6.07) is 13.6. The van der Waals surface area contributed by atoms with Gasteiger partial charge in [-0.1, -0.05) is 18.2 Å². The summed E-state index contributed by atoms with van der Waals surface area (Å²) >= 11 is 0. The molecule has 0 unspecified atom stereocenters. The Kier molecular flexibility index (Phi) is 7.07. The van der Waals surface area contributed by atoms with Crippen molar-refractivity contribution in [2.45, 2.75) is 12.6 Å². The summed E-state index contributed by atoms with van der Waals surface area (Å²) in [5, 5.41) is 10.0. The maximum absolute atomic E-state index is 12.8. The van der Waals surface area contributed by atoms with E-state index in [9.17, 15) is 4.79 Å². The second-order valence-electron chi connectivity index (χ2n) is 9.50. The van der Waals surface area contributed by atoms with E-state index in [-0.39, 0.29) is 12.0 Å². The highest BCUT2D eigenvalue weighted by atomic mass is 16.5. The number of benzene rings is 2. The summed E-state index contributed by atoms with van der Waals surface area (Å²) in [6.07, 6.45) is 5.96. The quantitative estimate of drug-likeness (QED) is 0.373. The van der Waals surface area contributed by atoms with Crippen LogP contribution < -0.4 is 10.1 Å². The van der Waals surface area contributed by atoms with Gasteiger partial charge in [0.05, 0.1) is 31.6 Å². The Balaban J connectivity index is 1.39. The smallest absolute Gasteiger partial charge is 0.254 e. The Labute approximate surface area is 216 Å². The molecule has 192 valence electrons. The zero-order chi connectivity index (χ0) is 25.9. The predicted octanol–water partition coefficient (Wildman–Crippen LogP) is 3.88. The van der Waals surface area contributed by atoms with Gasteiger partial charge in [0.25, 0.3) is 5.91 Å². The lowest BCUT2D eigenvalue weighted by atomic mass is 10.0. The first-order valence-corrected chi connectivity index (χ1v) is 12.3. The number of pyridine rings is 1. The van der Waals surface area contributed by atoms with Crippen LogP contribution in [0.25, 0.3) is 21.9 Å². The molecule has 1 saturated heterocycles. The molecule has 37 heavy (non-hydrogen) atoms. The van der Waals surface area contributed by atoms with Crippen molar-refractivity contribution in [3.8, 4) is 16.9 Å². The third-order valence-corrected chi connectivity index (χ3v) is 6.66. The number of carbonyl (C=O) groups is 1. The second-order valence-corrected chi connectivity index (χ2v) is 9.50. The van der Waals surface area contributed by atoms with Crippen LogP contribution >= 0.6 is 0 Å². The number of likely N-dealkylation sites (N-methyl/N-ethyl adjacent to an activating group) is 1. The lowest BCUT2D eigenvalue weighted by Gasteiger charge is -2.38. The Bertz CT molecular complexity index is 1410. The molecule has 1 fully saturated rings. The number of amides is 1. The van der Waals surface area contributed by atoms with E-state index in [1.807, 2.05) is 41.3 Å². The molecule has 0 atom stereocenters. The van der Waals surface area contributed by atoms with E-state index in [1.165, 1.54) is 0 Å². The molecule has 1 N–H and O–H groups in total. The fourth-order valence-corrected chi connectivity index (χ4v) is 4.42. The van der Waals surface area contributed by atoms with Crippen LogP contribution in [0.1, 0.15) is 10.4 Å². The topological polar surface area (TPSA) is 84.8 Å². The zero-order valence-corrected chi connectivity index (χ0v) is 21.6. The number of nitrogens with zero attached hydrogens (tertiary/aromatic N) is 5. The molecule has 0 saturated carbocycles. The van der Waals surface area contributed by atoms with E-state index in [0.717, 1.165) is 40.7 Å². The van der Waals surface area contributed by atoms with Crippen molar-refractivity contribution >= 4 is 28.2 Å². The van der Waals surface area contributed by atoms with Crippen LogP contribution in [-0.4, -0.2) is 84.5 Å². The van der Waals surface area contributed by atoms with Crippen LogP contribution in [0, 0.1) is 0 Å². The Hall–Kier alpha value is -3.95. The summed E-state index contributed by atoms with van der Waals surface area (Å²) in [4.78, 5) is 21.3. The summed E-state index contributed by atoms with van der Waals surface area (Å²) < 4.78 is 12.9. The van der Waals surface area contributed by atoms with E-state index in [4.69, 9.17) is 9.47 Å². The summed E-state index contributed by atoms with van der Waals surface area (Å²) in [7, 11) is 7.37. The lowest BCUT2D eigenvalue weighted by Crippen LogP contribution is -2.54. The molecule has 0 aliphatic carbocycles. The van der Waals surface area contributed by atoms with Crippen LogP contribution in [-0.2, 0) is 11.3 Å². The first-order valence-electron chi connectivity index (χ1n) is 12.3. The average molecular weight is 501 g/mol. The number of carbonyl (C=O) groups excluding carboxylic acids is 1. The molecule has 1 aliphatic heterocycles. The van der Waals surface area contributed by atoms with Crippen LogP contribution in [0.15, 0.2) is 61.1 Å². The molecular formula is C28H32N6O3. The normalized spacial score (nSPS) is 13.7. The van der Waals surface area contributed by atoms with Crippen molar-refractivity contribution in [2.75, 3.05) is 53.3 Å². The van der Waals surface area contributed by atoms with Gasteiger partial charge in [-0.05, 0) is 49.3 Å². The Morgan fingerprint density at radius 2 is 1.97 bits per heavy atom. The average Bonchev–Trinajstić information content (AvgIpc) is 3.35. The number of fused-ring (bicyclic) bond motifs is 1. The minimum absolute atomic E-state index is 0.0299. The van der Waals surface area contributed by atoms with Gasteiger partial charge in [-0.15, -0.1) is 0 Å².